The molecule has 5 rings (SSSR count). The van der Waals surface area contributed by atoms with Gasteiger partial charge in [0.1, 0.15) is 11.7 Å². The molecule has 2 heterocycles. The number of fused-ring (bicyclic) bond motifs is 4. The molecule has 4 aromatic rings. The van der Waals surface area contributed by atoms with E-state index in [9.17, 15) is 20.2 Å². The third-order valence-corrected chi connectivity index (χ3v) is 8.31. The third kappa shape index (κ3) is 5.18. The predicted octanol–water partition coefficient (Wildman–Crippen LogP) is 7.71. The average Bonchev–Trinajstić information content (AvgIpc) is 3.26. The Balaban J connectivity index is 1.48. The Labute approximate surface area is 230 Å². The van der Waals surface area contributed by atoms with Crippen LogP contribution in [0.5, 0.6) is 0 Å². The number of hydrogen-bond acceptors (Lipinski definition) is 6. The zero-order valence-electron chi connectivity index (χ0n) is 21.9. The zero-order chi connectivity index (χ0) is 27.5. The fourth-order valence-corrected chi connectivity index (χ4v) is 6.20. The fraction of sp³-hybridized carbons (Fsp3) is 0.233. The number of aryl methyl sites for hydroxylation is 1. The molecule has 0 fully saturated rings. The number of aromatic nitrogens is 1. The van der Waals surface area contributed by atoms with E-state index in [1.54, 1.807) is 6.07 Å². The summed E-state index contributed by atoms with van der Waals surface area (Å²) in [5.41, 5.74) is 3.82. The van der Waals surface area contributed by atoms with Gasteiger partial charge in [-0.1, -0.05) is 67.9 Å². The van der Waals surface area contributed by atoms with Gasteiger partial charge in [0.2, 0.25) is 5.52 Å². The van der Waals surface area contributed by atoms with Crippen molar-refractivity contribution in [3.8, 4) is 0 Å². The minimum atomic E-state index is -0.590. The van der Waals surface area contributed by atoms with E-state index in [-0.39, 0.29) is 11.4 Å². The highest BCUT2D eigenvalue weighted by molar-refractivity contribution is 7.19. The maximum atomic E-state index is 11.6. The molecule has 0 aliphatic carbocycles. The van der Waals surface area contributed by atoms with Crippen molar-refractivity contribution in [3.63, 3.8) is 0 Å². The minimum absolute atomic E-state index is 0.263. The lowest BCUT2D eigenvalue weighted by molar-refractivity contribution is -0.642. The summed E-state index contributed by atoms with van der Waals surface area (Å²) in [6, 6.07) is 14.4. The number of hydrogen-bond donors (Lipinski definition) is 0. The van der Waals surface area contributed by atoms with Crippen LogP contribution in [-0.2, 0) is 7.05 Å². The summed E-state index contributed by atoms with van der Waals surface area (Å²) >= 11 is 1.46. The highest BCUT2D eigenvalue weighted by Gasteiger charge is 2.25. The van der Waals surface area contributed by atoms with E-state index in [0.29, 0.717) is 10.8 Å². The van der Waals surface area contributed by atoms with Crippen molar-refractivity contribution in [3.05, 3.63) is 104 Å². The first-order chi connectivity index (χ1) is 18.9. The molecule has 9 heteroatoms. The standard InChI is InChI=1S/C30H29N4O4S/c1-3-4-5-8-17-32-18-16-21(23-11-6-7-12-26(23)32)10-9-13-29-31(2)27-15-14-24-25(30(27)39-29)19-22(33(35)36)20-28(24)34(37)38/h6-7,9-16,18-20H,3-5,8,17H2,1-2H3/q+1. The van der Waals surface area contributed by atoms with Crippen molar-refractivity contribution in [1.82, 2.24) is 0 Å². The van der Waals surface area contributed by atoms with Gasteiger partial charge in [-0.05, 0) is 30.2 Å². The lowest BCUT2D eigenvalue weighted by atomic mass is 9.99. The molecular formula is C30H29N4O4S+. The average molecular weight is 542 g/mol. The molecule has 1 aromatic heterocycles. The monoisotopic (exact) mass is 541 g/mol. The summed E-state index contributed by atoms with van der Waals surface area (Å²) in [5, 5.41) is 24.9. The van der Waals surface area contributed by atoms with Crippen LogP contribution in [0, 0.1) is 20.2 Å². The van der Waals surface area contributed by atoms with Crippen molar-refractivity contribution >= 4 is 61.0 Å². The molecule has 0 bridgehead atoms. The van der Waals surface area contributed by atoms with Crippen LogP contribution < -0.4 is 9.47 Å². The number of non-ortho nitro benzene ring substituents is 2. The summed E-state index contributed by atoms with van der Waals surface area (Å²) in [5.74, 6) is 0. The number of benzene rings is 3. The van der Waals surface area contributed by atoms with E-state index < -0.39 is 9.85 Å². The quantitative estimate of drug-likeness (QED) is 0.0936. The van der Waals surface area contributed by atoms with Gasteiger partial charge in [0.05, 0.1) is 21.3 Å². The number of anilines is 1. The summed E-state index contributed by atoms with van der Waals surface area (Å²) in [4.78, 5) is 24.3. The molecule has 0 saturated carbocycles. The van der Waals surface area contributed by atoms with Gasteiger partial charge in [0.25, 0.3) is 16.4 Å². The Morgan fingerprint density at radius 3 is 2.59 bits per heavy atom. The Hall–Kier alpha value is -4.37. The lowest BCUT2D eigenvalue weighted by Gasteiger charge is -2.27. The van der Waals surface area contributed by atoms with E-state index in [4.69, 9.17) is 0 Å². The first-order valence-electron chi connectivity index (χ1n) is 13.0. The van der Waals surface area contributed by atoms with Crippen molar-refractivity contribution < 1.29 is 14.4 Å². The van der Waals surface area contributed by atoms with Gasteiger partial charge in [-0.3, -0.25) is 20.2 Å². The smallest absolute Gasteiger partial charge is 0.284 e. The van der Waals surface area contributed by atoms with Gasteiger partial charge < -0.3 is 4.90 Å². The number of nitro benzene ring substituents is 2. The molecule has 1 aliphatic rings. The molecule has 0 spiro atoms. The number of nitro groups is 2. The first kappa shape index (κ1) is 26.2. The van der Waals surface area contributed by atoms with E-state index >= 15 is 0 Å². The molecule has 0 amide bonds. The predicted molar refractivity (Wildman–Crippen MR) is 158 cm³/mol. The molecule has 8 nitrogen and oxygen atoms in total. The normalized spacial score (nSPS) is 14.1. The Morgan fingerprint density at radius 1 is 1.00 bits per heavy atom. The lowest BCUT2D eigenvalue weighted by Crippen LogP contribution is -2.28. The van der Waals surface area contributed by atoms with Crippen LogP contribution in [-0.4, -0.2) is 16.4 Å². The number of nitrogens with zero attached hydrogens (tertiary/aromatic N) is 4. The SMILES string of the molecule is CCCCCCN1C=CC(=CC=Cc2sc3c4cc([N+](=O)[O-])cc([N+](=O)[O-])c4ccc3[n+]2C)c2ccccc21. The molecule has 0 saturated heterocycles. The Kier molecular flexibility index (Phi) is 7.51. The molecular weight excluding hydrogens is 512 g/mol. The van der Waals surface area contributed by atoms with Gasteiger partial charge in [-0.2, -0.15) is 4.57 Å². The number of allylic oxidation sites excluding steroid dienone is 4. The van der Waals surface area contributed by atoms with Crippen LogP contribution >= 0.6 is 11.3 Å². The van der Waals surface area contributed by atoms with E-state index in [1.165, 1.54) is 47.9 Å². The topological polar surface area (TPSA) is 93.4 Å². The Morgan fingerprint density at radius 2 is 1.82 bits per heavy atom. The van der Waals surface area contributed by atoms with Gasteiger partial charge in [0.15, 0.2) is 0 Å². The van der Waals surface area contributed by atoms with E-state index in [1.807, 2.05) is 29.8 Å². The van der Waals surface area contributed by atoms with Crippen molar-refractivity contribution in [2.45, 2.75) is 32.6 Å². The summed E-state index contributed by atoms with van der Waals surface area (Å²) in [6.45, 7) is 3.22. The summed E-state index contributed by atoms with van der Waals surface area (Å²) in [6.07, 6.45) is 15.3. The minimum Gasteiger partial charge on any atom is -0.347 e. The molecule has 39 heavy (non-hydrogen) atoms. The van der Waals surface area contributed by atoms with Crippen LogP contribution in [0.3, 0.4) is 0 Å². The van der Waals surface area contributed by atoms with Crippen molar-refractivity contribution in [2.75, 3.05) is 11.4 Å². The largest absolute Gasteiger partial charge is 0.347 e. The highest BCUT2D eigenvalue weighted by atomic mass is 32.1. The van der Waals surface area contributed by atoms with E-state index in [0.717, 1.165) is 39.8 Å². The summed E-state index contributed by atoms with van der Waals surface area (Å²) < 4.78 is 2.78. The molecule has 0 N–H and O–H groups in total. The van der Waals surface area contributed by atoms with Crippen LogP contribution in [0.2, 0.25) is 0 Å². The number of thiazole rings is 1. The molecule has 1 aliphatic heterocycles. The second kappa shape index (κ2) is 11.2. The van der Waals surface area contributed by atoms with Gasteiger partial charge in [-0.25, -0.2) is 0 Å². The van der Waals surface area contributed by atoms with E-state index in [2.05, 4.69) is 54.4 Å². The zero-order valence-corrected chi connectivity index (χ0v) is 22.7. The number of unbranched alkanes of at least 4 members (excludes halogenated alkanes) is 3. The van der Waals surface area contributed by atoms with Crippen LogP contribution in [0.25, 0.3) is 32.6 Å². The van der Waals surface area contributed by atoms with Gasteiger partial charge in [0, 0.05) is 47.6 Å². The highest BCUT2D eigenvalue weighted by Crippen LogP contribution is 2.38. The molecule has 0 atom stereocenters. The number of para-hydroxylation sites is 1. The van der Waals surface area contributed by atoms with Crippen molar-refractivity contribution in [1.29, 1.82) is 0 Å². The molecule has 198 valence electrons. The van der Waals surface area contributed by atoms with Crippen LogP contribution in [0.4, 0.5) is 17.1 Å². The third-order valence-electron chi connectivity index (χ3n) is 7.06. The van der Waals surface area contributed by atoms with Crippen LogP contribution in [0.1, 0.15) is 43.2 Å². The second-order valence-electron chi connectivity index (χ2n) is 9.56. The molecule has 0 radical (unpaired) electrons. The number of rotatable bonds is 9. The second-order valence-corrected chi connectivity index (χ2v) is 10.6. The molecule has 0 unspecified atom stereocenters. The maximum Gasteiger partial charge on any atom is 0.284 e. The fourth-order valence-electron chi connectivity index (χ4n) is 5.02. The molecule has 3 aromatic carbocycles. The Bertz CT molecular complexity index is 1690. The maximum absolute atomic E-state index is 11.6. The van der Waals surface area contributed by atoms with Crippen molar-refractivity contribution in [2.24, 2.45) is 7.05 Å². The summed E-state index contributed by atoms with van der Waals surface area (Å²) in [7, 11) is 1.93. The first-order valence-corrected chi connectivity index (χ1v) is 13.8. The van der Waals surface area contributed by atoms with Crippen LogP contribution in [0.15, 0.2) is 73.0 Å². The van der Waals surface area contributed by atoms with Gasteiger partial charge in [-0.15, -0.1) is 0 Å². The van der Waals surface area contributed by atoms with Gasteiger partial charge >= 0.3 is 0 Å².